The van der Waals surface area contributed by atoms with Crippen molar-refractivity contribution < 1.29 is 19.3 Å². The van der Waals surface area contributed by atoms with E-state index >= 15 is 0 Å². The van der Waals surface area contributed by atoms with E-state index in [1.54, 1.807) is 0 Å². The molecule has 1 aromatic rings. The Hall–Kier alpha value is -1.26. The Labute approximate surface area is 113 Å². The summed E-state index contributed by atoms with van der Waals surface area (Å²) in [5, 5.41) is 9.65. The van der Waals surface area contributed by atoms with Gasteiger partial charge in [-0.3, -0.25) is 0 Å². The molecule has 1 aromatic carbocycles. The molecule has 0 aliphatic carbocycles. The fourth-order valence-corrected chi connectivity index (χ4v) is 2.76. The summed E-state index contributed by atoms with van der Waals surface area (Å²) in [5.74, 6) is 1.71. The lowest BCUT2D eigenvalue weighted by atomic mass is 9.77. The molecule has 4 nitrogen and oxygen atoms in total. The van der Waals surface area contributed by atoms with E-state index in [9.17, 15) is 5.11 Å². The third-order valence-corrected chi connectivity index (χ3v) is 3.90. The van der Waals surface area contributed by atoms with Crippen molar-refractivity contribution in [2.24, 2.45) is 5.41 Å². The van der Waals surface area contributed by atoms with Crippen LogP contribution in [0.15, 0.2) is 18.2 Å². The minimum Gasteiger partial charge on any atom is -0.486 e. The molecule has 1 saturated heterocycles. The molecule has 1 fully saturated rings. The Bertz CT molecular complexity index is 453. The number of hydrogen-bond donors (Lipinski definition) is 1. The Morgan fingerprint density at radius 1 is 1.21 bits per heavy atom. The van der Waals surface area contributed by atoms with Crippen LogP contribution in [0.1, 0.15) is 24.8 Å². The fraction of sp³-hybridized carbons (Fsp3) is 0.600. The average molecular weight is 264 g/mol. The molecule has 4 heteroatoms. The molecule has 0 spiro atoms. The molecule has 1 N–H and O–H groups in total. The maximum Gasteiger partial charge on any atom is 0.161 e. The van der Waals surface area contributed by atoms with Crippen LogP contribution in [0.2, 0.25) is 0 Å². The molecule has 2 aliphatic rings. The molecule has 0 saturated carbocycles. The van der Waals surface area contributed by atoms with E-state index < -0.39 is 0 Å². The first-order valence-electron chi connectivity index (χ1n) is 6.78. The summed E-state index contributed by atoms with van der Waals surface area (Å²) in [6.45, 7) is 5.12. The van der Waals surface area contributed by atoms with Crippen LogP contribution >= 0.6 is 0 Å². The lowest BCUT2D eigenvalue weighted by Gasteiger charge is -2.40. The minimum atomic E-state index is 0.129. The second-order valence-corrected chi connectivity index (χ2v) is 5.79. The van der Waals surface area contributed by atoms with Crippen LogP contribution in [0.3, 0.4) is 0 Å². The van der Waals surface area contributed by atoms with Crippen molar-refractivity contribution in [2.45, 2.75) is 19.3 Å². The molecule has 0 aromatic heterocycles. The predicted molar refractivity (Wildman–Crippen MR) is 70.8 cm³/mol. The molecule has 0 bridgehead atoms. The zero-order valence-corrected chi connectivity index (χ0v) is 11.2. The standard InChI is InChI=1S/C15H20O4/c1-15(9-17-10-15)7-12(8-16)11-2-3-13-14(6-11)19-5-4-18-13/h2-3,6,12,16H,4-5,7-10H2,1H3. The number of ether oxygens (including phenoxy) is 3. The number of aliphatic hydroxyl groups is 1. The molecule has 0 radical (unpaired) electrons. The van der Waals surface area contributed by atoms with Crippen molar-refractivity contribution in [1.29, 1.82) is 0 Å². The van der Waals surface area contributed by atoms with Gasteiger partial charge in [0.1, 0.15) is 13.2 Å². The zero-order valence-electron chi connectivity index (χ0n) is 11.2. The summed E-state index contributed by atoms with van der Waals surface area (Å²) in [4.78, 5) is 0. The quantitative estimate of drug-likeness (QED) is 0.903. The number of hydrogen-bond acceptors (Lipinski definition) is 4. The van der Waals surface area contributed by atoms with Crippen LogP contribution in [0, 0.1) is 5.41 Å². The van der Waals surface area contributed by atoms with E-state index in [-0.39, 0.29) is 17.9 Å². The lowest BCUT2D eigenvalue weighted by molar-refractivity contribution is -0.110. The van der Waals surface area contributed by atoms with Gasteiger partial charge in [-0.25, -0.2) is 0 Å². The van der Waals surface area contributed by atoms with Gasteiger partial charge in [-0.05, 0) is 24.1 Å². The first kappa shape index (κ1) is 12.8. The second kappa shape index (κ2) is 5.02. The van der Waals surface area contributed by atoms with E-state index in [4.69, 9.17) is 14.2 Å². The molecule has 1 unspecified atom stereocenters. The third kappa shape index (κ3) is 2.55. The first-order chi connectivity index (χ1) is 9.20. The largest absolute Gasteiger partial charge is 0.486 e. The highest BCUT2D eigenvalue weighted by atomic mass is 16.6. The third-order valence-electron chi connectivity index (χ3n) is 3.90. The number of aliphatic hydroxyl groups excluding tert-OH is 1. The Balaban J connectivity index is 1.78. The molecule has 0 amide bonds. The van der Waals surface area contributed by atoms with Gasteiger partial charge in [-0.1, -0.05) is 13.0 Å². The number of fused-ring (bicyclic) bond motifs is 1. The van der Waals surface area contributed by atoms with Gasteiger partial charge in [-0.2, -0.15) is 0 Å². The second-order valence-electron chi connectivity index (χ2n) is 5.79. The number of rotatable bonds is 4. The molecule has 2 aliphatic heterocycles. The lowest BCUT2D eigenvalue weighted by Crippen LogP contribution is -2.41. The van der Waals surface area contributed by atoms with Crippen LogP contribution in [0.25, 0.3) is 0 Å². The first-order valence-corrected chi connectivity index (χ1v) is 6.78. The maximum atomic E-state index is 9.65. The molecular formula is C15H20O4. The Morgan fingerprint density at radius 2 is 1.95 bits per heavy atom. The van der Waals surface area contributed by atoms with Gasteiger partial charge in [0.05, 0.1) is 13.2 Å². The van der Waals surface area contributed by atoms with Gasteiger partial charge in [0.25, 0.3) is 0 Å². The summed E-state index contributed by atoms with van der Waals surface area (Å²) in [6.07, 6.45) is 0.934. The van der Waals surface area contributed by atoms with Crippen molar-refractivity contribution in [3.05, 3.63) is 23.8 Å². The van der Waals surface area contributed by atoms with Crippen LogP contribution in [0.4, 0.5) is 0 Å². The number of benzene rings is 1. The summed E-state index contributed by atoms with van der Waals surface area (Å²) in [7, 11) is 0. The summed E-state index contributed by atoms with van der Waals surface area (Å²) in [6, 6.07) is 5.96. The van der Waals surface area contributed by atoms with Gasteiger partial charge >= 0.3 is 0 Å². The zero-order chi connectivity index (χ0) is 13.3. The monoisotopic (exact) mass is 264 g/mol. The highest BCUT2D eigenvalue weighted by Crippen LogP contribution is 2.40. The minimum absolute atomic E-state index is 0.129. The average Bonchev–Trinajstić information content (AvgIpc) is 2.42. The molecule has 2 heterocycles. The SMILES string of the molecule is CC1(CC(CO)c2ccc3c(c2)OCCO3)COC1. The van der Waals surface area contributed by atoms with Gasteiger partial charge in [0.2, 0.25) is 0 Å². The highest BCUT2D eigenvalue weighted by Gasteiger charge is 2.36. The molecule has 19 heavy (non-hydrogen) atoms. The molecule has 3 rings (SSSR count). The predicted octanol–water partition coefficient (Wildman–Crippen LogP) is 1.96. The topological polar surface area (TPSA) is 47.9 Å². The van der Waals surface area contributed by atoms with Crippen molar-refractivity contribution in [2.75, 3.05) is 33.0 Å². The van der Waals surface area contributed by atoms with Gasteiger partial charge < -0.3 is 19.3 Å². The smallest absolute Gasteiger partial charge is 0.161 e. The van der Waals surface area contributed by atoms with E-state index in [1.165, 1.54) is 0 Å². The van der Waals surface area contributed by atoms with E-state index in [0.29, 0.717) is 13.2 Å². The summed E-state index contributed by atoms with van der Waals surface area (Å²) in [5.41, 5.74) is 1.31. The maximum absolute atomic E-state index is 9.65. The van der Waals surface area contributed by atoms with E-state index in [2.05, 4.69) is 6.92 Å². The summed E-state index contributed by atoms with van der Waals surface area (Å²) < 4.78 is 16.4. The van der Waals surface area contributed by atoms with E-state index in [1.807, 2.05) is 18.2 Å². The van der Waals surface area contributed by atoms with Crippen molar-refractivity contribution in [1.82, 2.24) is 0 Å². The van der Waals surface area contributed by atoms with Crippen LogP contribution in [0.5, 0.6) is 11.5 Å². The van der Waals surface area contributed by atoms with Crippen molar-refractivity contribution >= 4 is 0 Å². The molecule has 1 atom stereocenters. The summed E-state index contributed by atoms with van der Waals surface area (Å²) >= 11 is 0. The molecule has 104 valence electrons. The van der Waals surface area contributed by atoms with Gasteiger partial charge in [0, 0.05) is 17.9 Å². The van der Waals surface area contributed by atoms with Crippen molar-refractivity contribution in [3.8, 4) is 11.5 Å². The fourth-order valence-electron chi connectivity index (χ4n) is 2.76. The van der Waals surface area contributed by atoms with Crippen LogP contribution in [-0.2, 0) is 4.74 Å². The highest BCUT2D eigenvalue weighted by molar-refractivity contribution is 5.44. The Kier molecular flexibility index (Phi) is 3.37. The van der Waals surface area contributed by atoms with E-state index in [0.717, 1.165) is 36.7 Å². The Morgan fingerprint density at radius 3 is 2.58 bits per heavy atom. The molecular weight excluding hydrogens is 244 g/mol. The van der Waals surface area contributed by atoms with Gasteiger partial charge in [0.15, 0.2) is 11.5 Å². The normalized spacial score (nSPS) is 21.6. The van der Waals surface area contributed by atoms with Crippen molar-refractivity contribution in [3.63, 3.8) is 0 Å². The van der Waals surface area contributed by atoms with Crippen LogP contribution in [-0.4, -0.2) is 38.1 Å². The van der Waals surface area contributed by atoms with Crippen LogP contribution < -0.4 is 9.47 Å². The van der Waals surface area contributed by atoms with Gasteiger partial charge in [-0.15, -0.1) is 0 Å².